The lowest BCUT2D eigenvalue weighted by molar-refractivity contribution is -0.193. The van der Waals surface area contributed by atoms with Gasteiger partial charge in [-0.2, -0.15) is 0 Å². The summed E-state index contributed by atoms with van der Waals surface area (Å²) in [6, 6.07) is 0. The molecule has 10 atom stereocenters. The summed E-state index contributed by atoms with van der Waals surface area (Å²) in [6.45, 7) is 13.5. The molecule has 2 saturated heterocycles. The van der Waals surface area contributed by atoms with E-state index in [-0.39, 0.29) is 23.7 Å². The molecule has 0 bridgehead atoms. The second-order valence-corrected chi connectivity index (χ2v) is 14.8. The van der Waals surface area contributed by atoms with Crippen LogP contribution in [0.1, 0.15) is 106 Å². The van der Waals surface area contributed by atoms with Gasteiger partial charge < -0.3 is 19.9 Å². The van der Waals surface area contributed by atoms with Crippen LogP contribution in [0.2, 0.25) is 0 Å². The molecule has 35 heavy (non-hydrogen) atoms. The zero-order valence-corrected chi connectivity index (χ0v) is 23.0. The molecule has 0 radical (unpaired) electrons. The fourth-order valence-corrected chi connectivity index (χ4v) is 11.2. The van der Waals surface area contributed by atoms with Crippen molar-refractivity contribution in [1.82, 2.24) is 5.32 Å². The van der Waals surface area contributed by atoms with E-state index in [2.05, 4.69) is 26.1 Å². The van der Waals surface area contributed by atoms with Crippen LogP contribution in [0.5, 0.6) is 0 Å². The Hall–Kier alpha value is -0.650. The Balaban J connectivity index is 1.26. The lowest BCUT2D eigenvalue weighted by Gasteiger charge is -2.56. The zero-order valence-electron chi connectivity index (χ0n) is 23.0. The van der Waals surface area contributed by atoms with Gasteiger partial charge in [0.1, 0.15) is 6.10 Å². The van der Waals surface area contributed by atoms with Crippen molar-refractivity contribution in [3.05, 3.63) is 0 Å². The molecular formula is C30H49NO4. The quantitative estimate of drug-likeness (QED) is 0.569. The predicted octanol–water partition coefficient (Wildman–Crippen LogP) is 5.24. The largest absolute Gasteiger partial charge is 0.388 e. The monoisotopic (exact) mass is 487 g/mol. The maximum atomic E-state index is 12.6. The van der Waals surface area contributed by atoms with E-state index in [9.17, 15) is 9.90 Å². The first-order valence-electron chi connectivity index (χ1n) is 14.7. The van der Waals surface area contributed by atoms with Crippen molar-refractivity contribution in [1.29, 1.82) is 0 Å². The number of rotatable bonds is 4. The Kier molecular flexibility index (Phi) is 5.42. The first kappa shape index (κ1) is 24.7. The SMILES string of the molecule is CCOC(C1CCC2C(CC3C4CCC5C(C)(C)NC(=O)CCC56CC46CCC23C)O1)C(C)(C)O. The number of aliphatic hydroxyl groups is 1. The molecule has 10 unspecified atom stereocenters. The molecule has 2 N–H and O–H groups in total. The van der Waals surface area contributed by atoms with Gasteiger partial charge in [-0.25, -0.2) is 0 Å². The van der Waals surface area contributed by atoms with E-state index in [1.165, 1.54) is 44.9 Å². The number of carbonyl (C=O) groups excluding carboxylic acids is 1. The van der Waals surface area contributed by atoms with Gasteiger partial charge in [-0.3, -0.25) is 4.79 Å². The summed E-state index contributed by atoms with van der Waals surface area (Å²) < 4.78 is 12.9. The average Bonchev–Trinajstić information content (AvgIpc) is 3.38. The second-order valence-electron chi connectivity index (χ2n) is 14.8. The molecule has 6 rings (SSSR count). The maximum Gasteiger partial charge on any atom is 0.220 e. The lowest BCUT2D eigenvalue weighted by atomic mass is 9.49. The Labute approximate surface area is 212 Å². The van der Waals surface area contributed by atoms with Crippen LogP contribution in [0, 0.1) is 39.9 Å². The van der Waals surface area contributed by atoms with E-state index in [0.717, 1.165) is 24.7 Å². The summed E-state index contributed by atoms with van der Waals surface area (Å²) in [4.78, 5) is 12.6. The van der Waals surface area contributed by atoms with Crippen LogP contribution >= 0.6 is 0 Å². The molecule has 2 aliphatic heterocycles. The molecule has 6 fully saturated rings. The van der Waals surface area contributed by atoms with Crippen molar-refractivity contribution in [3.63, 3.8) is 0 Å². The van der Waals surface area contributed by atoms with Crippen LogP contribution in [0.3, 0.4) is 0 Å². The molecule has 198 valence electrons. The van der Waals surface area contributed by atoms with Crippen molar-refractivity contribution in [2.24, 2.45) is 39.9 Å². The third-order valence-electron chi connectivity index (χ3n) is 12.5. The third kappa shape index (κ3) is 3.32. The fourth-order valence-electron chi connectivity index (χ4n) is 11.2. The molecule has 5 heteroatoms. The summed E-state index contributed by atoms with van der Waals surface area (Å²) in [5.74, 6) is 3.02. The number of fused-ring (bicyclic) bond motifs is 4. The molecule has 0 aromatic rings. The van der Waals surface area contributed by atoms with Gasteiger partial charge in [-0.05, 0) is 132 Å². The molecule has 5 nitrogen and oxygen atoms in total. The standard InChI is InChI=1S/C30H49NO4/c1-7-34-25(27(4,5)33)21-10-8-19-22(35-21)16-20-18-9-11-23-26(2,3)31-24(32)12-13-30(23)17-29(18,30)15-14-28(19,20)6/h18-23,25,33H,7-17H2,1-6H3,(H,31,32). The van der Waals surface area contributed by atoms with E-state index in [1.54, 1.807) is 0 Å². The summed E-state index contributed by atoms with van der Waals surface area (Å²) in [5, 5.41) is 14.2. The van der Waals surface area contributed by atoms with Crippen LogP contribution in [0.4, 0.5) is 0 Å². The van der Waals surface area contributed by atoms with Crippen LogP contribution in [-0.2, 0) is 14.3 Å². The Morgan fingerprint density at radius 2 is 1.80 bits per heavy atom. The Morgan fingerprint density at radius 1 is 1.06 bits per heavy atom. The topological polar surface area (TPSA) is 67.8 Å². The second kappa shape index (κ2) is 7.69. The summed E-state index contributed by atoms with van der Waals surface area (Å²) in [5.41, 5.74) is 0.208. The zero-order chi connectivity index (χ0) is 25.0. The molecule has 4 saturated carbocycles. The van der Waals surface area contributed by atoms with Gasteiger partial charge in [0, 0.05) is 18.6 Å². The minimum atomic E-state index is -0.899. The average molecular weight is 488 g/mol. The summed E-state index contributed by atoms with van der Waals surface area (Å²) in [6.07, 6.45) is 11.8. The van der Waals surface area contributed by atoms with Gasteiger partial charge in [0.05, 0.1) is 17.8 Å². The summed E-state index contributed by atoms with van der Waals surface area (Å²) >= 11 is 0. The molecule has 0 aromatic heterocycles. The van der Waals surface area contributed by atoms with Gasteiger partial charge in [0.15, 0.2) is 0 Å². The number of ether oxygens (including phenoxy) is 2. The highest BCUT2D eigenvalue weighted by atomic mass is 16.6. The van der Waals surface area contributed by atoms with Crippen LogP contribution in [0.15, 0.2) is 0 Å². The number of hydrogen-bond acceptors (Lipinski definition) is 4. The molecule has 4 aliphatic carbocycles. The van der Waals surface area contributed by atoms with E-state index in [1.807, 2.05) is 20.8 Å². The van der Waals surface area contributed by atoms with E-state index in [0.29, 0.717) is 47.2 Å². The minimum absolute atomic E-state index is 0.0170. The van der Waals surface area contributed by atoms with E-state index >= 15 is 0 Å². The first-order valence-corrected chi connectivity index (χ1v) is 14.7. The van der Waals surface area contributed by atoms with E-state index < -0.39 is 5.60 Å². The third-order valence-corrected chi connectivity index (χ3v) is 12.5. The normalized spacial score (nSPS) is 51.0. The van der Waals surface area contributed by atoms with Crippen LogP contribution < -0.4 is 5.32 Å². The smallest absolute Gasteiger partial charge is 0.220 e. The highest BCUT2D eigenvalue weighted by Crippen LogP contribution is 2.85. The van der Waals surface area contributed by atoms with Crippen molar-refractivity contribution in [3.8, 4) is 0 Å². The van der Waals surface area contributed by atoms with Crippen LogP contribution in [-0.4, -0.2) is 47.1 Å². The number of amides is 1. The fraction of sp³-hybridized carbons (Fsp3) is 0.967. The molecule has 0 aromatic carbocycles. The van der Waals surface area contributed by atoms with Gasteiger partial charge >= 0.3 is 0 Å². The number of hydrogen-bond donors (Lipinski definition) is 2. The lowest BCUT2D eigenvalue weighted by Crippen LogP contribution is -2.55. The highest BCUT2D eigenvalue weighted by molar-refractivity contribution is 5.77. The van der Waals surface area contributed by atoms with Crippen molar-refractivity contribution in [2.45, 2.75) is 135 Å². The highest BCUT2D eigenvalue weighted by Gasteiger charge is 2.79. The van der Waals surface area contributed by atoms with Gasteiger partial charge in [-0.15, -0.1) is 0 Å². The predicted molar refractivity (Wildman–Crippen MR) is 136 cm³/mol. The van der Waals surface area contributed by atoms with Crippen molar-refractivity contribution in [2.75, 3.05) is 6.61 Å². The molecule has 1 amide bonds. The number of nitrogens with one attached hydrogen (secondary N) is 1. The van der Waals surface area contributed by atoms with Gasteiger partial charge in [-0.1, -0.05) is 6.92 Å². The Bertz CT molecular complexity index is 880. The van der Waals surface area contributed by atoms with Crippen LogP contribution in [0.25, 0.3) is 0 Å². The van der Waals surface area contributed by atoms with Crippen molar-refractivity contribution >= 4 is 5.91 Å². The van der Waals surface area contributed by atoms with Gasteiger partial charge in [0.25, 0.3) is 0 Å². The van der Waals surface area contributed by atoms with Crippen molar-refractivity contribution < 1.29 is 19.4 Å². The minimum Gasteiger partial charge on any atom is -0.388 e. The van der Waals surface area contributed by atoms with E-state index in [4.69, 9.17) is 9.47 Å². The van der Waals surface area contributed by atoms with Gasteiger partial charge in [0.2, 0.25) is 5.91 Å². The maximum absolute atomic E-state index is 12.6. The molecule has 2 spiro atoms. The molecule has 6 aliphatic rings. The Morgan fingerprint density at radius 3 is 2.51 bits per heavy atom. The number of carbonyl (C=O) groups is 1. The summed E-state index contributed by atoms with van der Waals surface area (Å²) in [7, 11) is 0. The molecule has 2 heterocycles. The first-order chi connectivity index (χ1) is 16.4. The molecular weight excluding hydrogens is 438 g/mol.